The number of amides is 1. The standard InChI is InChI=1S/C16H21N3O3S3/c1-3-6-17-25(21,22)13-9-12(10-23-13)15-18-11(2)14(24-15)16(20)19-7-4-5-8-19/h9-10,17H,3-8H2,1-2H3. The van der Waals surface area contributed by atoms with Crippen LogP contribution in [0.1, 0.15) is 41.6 Å². The third-order valence-corrected chi connectivity index (χ3v) is 8.11. The third kappa shape index (κ3) is 3.94. The van der Waals surface area contributed by atoms with Crippen LogP contribution in [-0.4, -0.2) is 43.8 Å². The second kappa shape index (κ2) is 7.53. The lowest BCUT2D eigenvalue weighted by Gasteiger charge is -2.13. The Balaban J connectivity index is 1.84. The highest BCUT2D eigenvalue weighted by Crippen LogP contribution is 2.33. The minimum absolute atomic E-state index is 0.0337. The topological polar surface area (TPSA) is 79.4 Å². The van der Waals surface area contributed by atoms with E-state index in [2.05, 4.69) is 9.71 Å². The summed E-state index contributed by atoms with van der Waals surface area (Å²) in [6.45, 7) is 5.76. The molecule has 6 nitrogen and oxygen atoms in total. The van der Waals surface area contributed by atoms with Crippen LogP contribution in [0.15, 0.2) is 15.7 Å². The molecule has 1 aliphatic rings. The van der Waals surface area contributed by atoms with E-state index < -0.39 is 10.0 Å². The number of thiophene rings is 1. The Labute approximate surface area is 155 Å². The normalized spacial score (nSPS) is 15.0. The Hall–Kier alpha value is -1.29. The number of aromatic nitrogens is 1. The van der Waals surface area contributed by atoms with E-state index in [1.54, 1.807) is 11.4 Å². The molecular weight excluding hydrogens is 378 g/mol. The van der Waals surface area contributed by atoms with E-state index in [1.807, 2.05) is 18.7 Å². The van der Waals surface area contributed by atoms with Gasteiger partial charge in [0.25, 0.3) is 5.91 Å². The van der Waals surface area contributed by atoms with Crippen LogP contribution in [0.3, 0.4) is 0 Å². The highest BCUT2D eigenvalue weighted by Gasteiger charge is 2.25. The van der Waals surface area contributed by atoms with Crippen molar-refractivity contribution >= 4 is 38.6 Å². The van der Waals surface area contributed by atoms with Gasteiger partial charge < -0.3 is 4.90 Å². The number of carbonyl (C=O) groups excluding carboxylic acids is 1. The lowest BCUT2D eigenvalue weighted by Crippen LogP contribution is -2.27. The highest BCUT2D eigenvalue weighted by molar-refractivity contribution is 7.91. The van der Waals surface area contributed by atoms with Gasteiger partial charge in [-0.25, -0.2) is 18.1 Å². The van der Waals surface area contributed by atoms with Crippen molar-refractivity contribution in [2.75, 3.05) is 19.6 Å². The van der Waals surface area contributed by atoms with Gasteiger partial charge >= 0.3 is 0 Å². The third-order valence-electron chi connectivity index (χ3n) is 4.01. The molecule has 25 heavy (non-hydrogen) atoms. The van der Waals surface area contributed by atoms with Gasteiger partial charge in [-0.15, -0.1) is 22.7 Å². The average Bonchev–Trinajstić information content (AvgIpc) is 3.31. The lowest BCUT2D eigenvalue weighted by atomic mass is 10.3. The number of carbonyl (C=O) groups is 1. The summed E-state index contributed by atoms with van der Waals surface area (Å²) in [5, 5.41) is 2.47. The number of nitrogens with zero attached hydrogens (tertiary/aromatic N) is 2. The number of sulfonamides is 1. The van der Waals surface area contributed by atoms with Crippen molar-refractivity contribution in [1.82, 2.24) is 14.6 Å². The molecule has 3 rings (SSSR count). The van der Waals surface area contributed by atoms with Crippen LogP contribution in [0.5, 0.6) is 0 Å². The SMILES string of the molecule is CCCNS(=O)(=O)c1cc(-c2nc(C)c(C(=O)N3CCCC3)s2)cs1. The van der Waals surface area contributed by atoms with Gasteiger partial charge in [-0.3, -0.25) is 4.79 Å². The van der Waals surface area contributed by atoms with E-state index in [0.29, 0.717) is 22.1 Å². The number of rotatable bonds is 6. The summed E-state index contributed by atoms with van der Waals surface area (Å²) >= 11 is 2.51. The summed E-state index contributed by atoms with van der Waals surface area (Å²) in [6, 6.07) is 1.63. The molecule has 0 atom stereocenters. The van der Waals surface area contributed by atoms with Crippen molar-refractivity contribution in [3.8, 4) is 10.6 Å². The van der Waals surface area contributed by atoms with Crippen molar-refractivity contribution in [2.45, 2.75) is 37.3 Å². The minimum Gasteiger partial charge on any atom is -0.338 e. The van der Waals surface area contributed by atoms with Crippen molar-refractivity contribution in [2.24, 2.45) is 0 Å². The van der Waals surface area contributed by atoms with Crippen LogP contribution in [0, 0.1) is 6.92 Å². The van der Waals surface area contributed by atoms with Gasteiger partial charge in [0.15, 0.2) is 0 Å². The molecule has 1 fully saturated rings. The summed E-state index contributed by atoms with van der Waals surface area (Å²) in [5.74, 6) is 0.0337. The fourth-order valence-corrected chi connectivity index (χ4v) is 6.10. The number of hydrogen-bond acceptors (Lipinski definition) is 6. The fraction of sp³-hybridized carbons (Fsp3) is 0.500. The van der Waals surface area contributed by atoms with Crippen molar-refractivity contribution in [1.29, 1.82) is 0 Å². The molecule has 0 bridgehead atoms. The van der Waals surface area contributed by atoms with E-state index in [0.717, 1.165) is 37.9 Å². The first-order valence-electron chi connectivity index (χ1n) is 8.27. The van der Waals surface area contributed by atoms with Crippen molar-refractivity contribution in [3.05, 3.63) is 22.0 Å². The van der Waals surface area contributed by atoms with Gasteiger partial charge in [-0.2, -0.15) is 0 Å². The number of thiazole rings is 1. The van der Waals surface area contributed by atoms with Crippen LogP contribution in [-0.2, 0) is 10.0 Å². The van der Waals surface area contributed by atoms with Crippen LogP contribution in [0.25, 0.3) is 10.6 Å². The van der Waals surface area contributed by atoms with Gasteiger partial charge in [-0.05, 0) is 32.3 Å². The summed E-state index contributed by atoms with van der Waals surface area (Å²) in [5.41, 5.74) is 1.45. The maximum Gasteiger partial charge on any atom is 0.265 e. The summed E-state index contributed by atoms with van der Waals surface area (Å²) in [4.78, 5) is 19.6. The molecule has 9 heteroatoms. The maximum atomic E-state index is 12.6. The molecule has 0 aliphatic carbocycles. The highest BCUT2D eigenvalue weighted by atomic mass is 32.2. The van der Waals surface area contributed by atoms with Crippen LogP contribution < -0.4 is 4.72 Å². The predicted molar refractivity (Wildman–Crippen MR) is 101 cm³/mol. The first-order chi connectivity index (χ1) is 11.9. The van der Waals surface area contributed by atoms with E-state index in [1.165, 1.54) is 22.7 Å². The van der Waals surface area contributed by atoms with E-state index in [-0.39, 0.29) is 10.1 Å². The molecule has 0 aromatic carbocycles. The Morgan fingerprint density at radius 3 is 2.76 bits per heavy atom. The average molecular weight is 400 g/mol. The zero-order chi connectivity index (χ0) is 18.0. The number of hydrogen-bond donors (Lipinski definition) is 1. The minimum atomic E-state index is -3.47. The van der Waals surface area contributed by atoms with E-state index >= 15 is 0 Å². The second-order valence-electron chi connectivity index (χ2n) is 5.99. The van der Waals surface area contributed by atoms with Gasteiger partial charge in [0.05, 0.1) is 5.69 Å². The summed E-state index contributed by atoms with van der Waals surface area (Å²) in [6.07, 6.45) is 2.84. The first-order valence-corrected chi connectivity index (χ1v) is 11.5. The fourth-order valence-electron chi connectivity index (χ4n) is 2.66. The molecule has 1 N–H and O–H groups in total. The monoisotopic (exact) mass is 399 g/mol. The smallest absolute Gasteiger partial charge is 0.265 e. The molecule has 1 aliphatic heterocycles. The van der Waals surface area contributed by atoms with Crippen LogP contribution in [0.2, 0.25) is 0 Å². The second-order valence-corrected chi connectivity index (χ2v) is 9.89. The molecule has 0 unspecified atom stereocenters. The Bertz CT molecular complexity index is 864. The van der Waals surface area contributed by atoms with Crippen LogP contribution >= 0.6 is 22.7 Å². The lowest BCUT2D eigenvalue weighted by molar-refractivity contribution is 0.0796. The quantitative estimate of drug-likeness (QED) is 0.809. The van der Waals surface area contributed by atoms with Crippen LogP contribution in [0.4, 0.5) is 0 Å². The molecule has 1 saturated heterocycles. The largest absolute Gasteiger partial charge is 0.338 e. The van der Waals surface area contributed by atoms with Gasteiger partial charge in [0, 0.05) is 30.6 Å². The Kier molecular flexibility index (Phi) is 5.57. The summed E-state index contributed by atoms with van der Waals surface area (Å²) < 4.78 is 27.3. The molecule has 0 spiro atoms. The van der Waals surface area contributed by atoms with E-state index in [9.17, 15) is 13.2 Å². The van der Waals surface area contributed by atoms with Crippen molar-refractivity contribution < 1.29 is 13.2 Å². The molecule has 3 heterocycles. The summed E-state index contributed by atoms with van der Waals surface area (Å²) in [7, 11) is -3.47. The molecule has 2 aromatic rings. The molecule has 2 aromatic heterocycles. The van der Waals surface area contributed by atoms with Crippen molar-refractivity contribution in [3.63, 3.8) is 0 Å². The molecule has 0 saturated carbocycles. The Morgan fingerprint density at radius 2 is 2.08 bits per heavy atom. The number of likely N-dealkylation sites (tertiary alicyclic amines) is 1. The molecule has 1 amide bonds. The molecule has 136 valence electrons. The van der Waals surface area contributed by atoms with E-state index in [4.69, 9.17) is 0 Å². The predicted octanol–water partition coefficient (Wildman–Crippen LogP) is 3.10. The van der Waals surface area contributed by atoms with Gasteiger partial charge in [-0.1, -0.05) is 6.92 Å². The Morgan fingerprint density at radius 1 is 1.36 bits per heavy atom. The van der Waals surface area contributed by atoms with Gasteiger partial charge in [0.1, 0.15) is 14.1 Å². The van der Waals surface area contributed by atoms with Gasteiger partial charge in [0.2, 0.25) is 10.0 Å². The maximum absolute atomic E-state index is 12.6. The zero-order valence-electron chi connectivity index (χ0n) is 14.2. The number of nitrogens with one attached hydrogen (secondary N) is 1. The number of aryl methyl sites for hydroxylation is 1. The zero-order valence-corrected chi connectivity index (χ0v) is 16.7. The molecule has 0 radical (unpaired) electrons. The molecular formula is C16H21N3O3S3. The first kappa shape index (κ1) is 18.5.